The highest BCUT2D eigenvalue weighted by Gasteiger charge is 2.38. The molecule has 0 aliphatic carbocycles. The third-order valence-corrected chi connectivity index (χ3v) is 2.32. The number of rotatable bonds is 2. The summed E-state index contributed by atoms with van der Waals surface area (Å²) in [6.45, 7) is 0. The fraction of sp³-hybridized carbons (Fsp3) is 0.273. The lowest BCUT2D eigenvalue weighted by Gasteiger charge is -2.15. The molecule has 1 aromatic rings. The molecular formula is C11H5F6NO2. The van der Waals surface area contributed by atoms with Gasteiger partial charge in [-0.1, -0.05) is 0 Å². The summed E-state index contributed by atoms with van der Waals surface area (Å²) in [5.41, 5.74) is -4.20. The predicted molar refractivity (Wildman–Crippen MR) is 52.4 cm³/mol. The fourth-order valence-electron chi connectivity index (χ4n) is 1.42. The van der Waals surface area contributed by atoms with Gasteiger partial charge in [0, 0.05) is 0 Å². The smallest absolute Gasteiger partial charge is 0.416 e. The molecule has 1 aromatic carbocycles. The van der Waals surface area contributed by atoms with Crippen LogP contribution in [0, 0.1) is 11.3 Å². The summed E-state index contributed by atoms with van der Waals surface area (Å²) < 4.78 is 75.0. The van der Waals surface area contributed by atoms with E-state index in [2.05, 4.69) is 0 Å². The van der Waals surface area contributed by atoms with Crippen molar-refractivity contribution < 1.29 is 36.2 Å². The summed E-state index contributed by atoms with van der Waals surface area (Å²) in [5, 5.41) is 17.2. The molecule has 0 aliphatic heterocycles. The van der Waals surface area contributed by atoms with E-state index in [0.717, 1.165) is 6.07 Å². The topological polar surface area (TPSA) is 61.1 Å². The molecule has 1 rings (SSSR count). The molecule has 9 heteroatoms. The van der Waals surface area contributed by atoms with Crippen molar-refractivity contribution in [2.75, 3.05) is 0 Å². The summed E-state index contributed by atoms with van der Waals surface area (Å²) in [5.74, 6) is -3.95. The zero-order chi connectivity index (χ0) is 15.7. The van der Waals surface area contributed by atoms with Crippen LogP contribution in [0.15, 0.2) is 18.2 Å². The molecule has 1 N–H and O–H groups in total. The highest BCUT2D eigenvalue weighted by Crippen LogP contribution is 2.37. The van der Waals surface area contributed by atoms with Gasteiger partial charge in [0.25, 0.3) is 0 Å². The van der Waals surface area contributed by atoms with Crippen LogP contribution in [-0.2, 0) is 17.1 Å². The zero-order valence-electron chi connectivity index (χ0n) is 9.38. The molecule has 20 heavy (non-hydrogen) atoms. The van der Waals surface area contributed by atoms with Crippen molar-refractivity contribution in [3.05, 3.63) is 34.9 Å². The normalized spacial score (nSPS) is 13.7. The highest BCUT2D eigenvalue weighted by molar-refractivity contribution is 5.79. The molecule has 0 radical (unpaired) electrons. The number of carboxylic acids is 1. The van der Waals surface area contributed by atoms with Crippen LogP contribution in [0.3, 0.4) is 0 Å². The molecule has 0 spiro atoms. The second kappa shape index (κ2) is 5.03. The Morgan fingerprint density at radius 3 is 1.70 bits per heavy atom. The lowest BCUT2D eigenvalue weighted by molar-refractivity contribution is -0.144. The van der Waals surface area contributed by atoms with E-state index in [1.807, 2.05) is 0 Å². The second-order valence-corrected chi connectivity index (χ2v) is 3.74. The number of hydrogen-bond donors (Lipinski definition) is 1. The van der Waals surface area contributed by atoms with Crippen molar-refractivity contribution in [2.45, 2.75) is 18.3 Å². The second-order valence-electron chi connectivity index (χ2n) is 3.74. The van der Waals surface area contributed by atoms with Gasteiger partial charge in [0.05, 0.1) is 17.2 Å². The molecule has 0 fully saturated rings. The van der Waals surface area contributed by atoms with Gasteiger partial charge in [0.2, 0.25) is 0 Å². The first kappa shape index (κ1) is 15.8. The number of nitrogens with zero attached hydrogens (tertiary/aromatic N) is 1. The average molecular weight is 297 g/mol. The lowest BCUT2D eigenvalue weighted by atomic mass is 9.95. The molecule has 0 aliphatic rings. The van der Waals surface area contributed by atoms with Crippen LogP contribution in [0.1, 0.15) is 22.6 Å². The van der Waals surface area contributed by atoms with Gasteiger partial charge in [-0.3, -0.25) is 4.79 Å². The lowest BCUT2D eigenvalue weighted by Crippen LogP contribution is -2.15. The maximum atomic E-state index is 12.5. The van der Waals surface area contributed by atoms with E-state index < -0.39 is 40.9 Å². The van der Waals surface area contributed by atoms with Crippen LogP contribution in [0.25, 0.3) is 0 Å². The molecular weight excluding hydrogens is 292 g/mol. The Labute approximate surface area is 108 Å². The number of nitriles is 1. The van der Waals surface area contributed by atoms with E-state index >= 15 is 0 Å². The van der Waals surface area contributed by atoms with E-state index in [1.54, 1.807) is 0 Å². The van der Waals surface area contributed by atoms with Crippen molar-refractivity contribution >= 4 is 5.97 Å². The molecule has 1 atom stereocenters. The van der Waals surface area contributed by atoms with E-state index in [4.69, 9.17) is 10.4 Å². The van der Waals surface area contributed by atoms with Crippen molar-refractivity contribution in [1.82, 2.24) is 0 Å². The number of carboxylic acid groups (broad SMARTS) is 1. The van der Waals surface area contributed by atoms with Gasteiger partial charge >= 0.3 is 18.3 Å². The van der Waals surface area contributed by atoms with E-state index in [0.29, 0.717) is 0 Å². The minimum atomic E-state index is -5.09. The third-order valence-electron chi connectivity index (χ3n) is 2.32. The van der Waals surface area contributed by atoms with Gasteiger partial charge < -0.3 is 5.11 Å². The monoisotopic (exact) mass is 297 g/mol. The molecule has 0 heterocycles. The minimum Gasteiger partial charge on any atom is -0.480 e. The Morgan fingerprint density at radius 2 is 1.45 bits per heavy atom. The third kappa shape index (κ3) is 3.40. The fourth-order valence-corrected chi connectivity index (χ4v) is 1.42. The van der Waals surface area contributed by atoms with Gasteiger partial charge in [-0.05, 0) is 23.8 Å². The first-order valence-corrected chi connectivity index (χ1v) is 4.88. The minimum absolute atomic E-state index is 0.139. The van der Waals surface area contributed by atoms with Gasteiger partial charge in [-0.2, -0.15) is 31.6 Å². The summed E-state index contributed by atoms with van der Waals surface area (Å²) in [6, 6.07) is 1.44. The van der Waals surface area contributed by atoms with Gasteiger partial charge in [-0.15, -0.1) is 0 Å². The molecule has 108 valence electrons. The SMILES string of the molecule is N#CC(C(=O)O)c1cc(C(F)(F)F)cc(C(F)(F)F)c1. The number of halogens is 6. The largest absolute Gasteiger partial charge is 0.480 e. The van der Waals surface area contributed by atoms with Gasteiger partial charge in [0.15, 0.2) is 5.92 Å². The maximum Gasteiger partial charge on any atom is 0.416 e. The number of carbonyl (C=O) groups is 1. The Morgan fingerprint density at radius 1 is 1.05 bits per heavy atom. The summed E-state index contributed by atoms with van der Waals surface area (Å²) in [7, 11) is 0. The quantitative estimate of drug-likeness (QED) is 0.851. The van der Waals surface area contributed by atoms with Gasteiger partial charge in [-0.25, -0.2) is 0 Å². The molecule has 0 bridgehead atoms. The van der Waals surface area contributed by atoms with Crippen LogP contribution in [0.4, 0.5) is 26.3 Å². The van der Waals surface area contributed by atoms with Crippen molar-refractivity contribution in [2.24, 2.45) is 0 Å². The summed E-state index contributed by atoms with van der Waals surface area (Å²) >= 11 is 0. The van der Waals surface area contributed by atoms with Crippen LogP contribution >= 0.6 is 0 Å². The maximum absolute atomic E-state index is 12.5. The molecule has 0 aromatic heterocycles. The number of alkyl halides is 6. The van der Waals surface area contributed by atoms with E-state index in [-0.39, 0.29) is 18.2 Å². The number of hydrogen-bond acceptors (Lipinski definition) is 2. The first-order valence-electron chi connectivity index (χ1n) is 4.88. The van der Waals surface area contributed by atoms with Crippen molar-refractivity contribution in [3.8, 4) is 6.07 Å². The molecule has 0 saturated carbocycles. The average Bonchev–Trinajstić information content (AvgIpc) is 2.26. The highest BCUT2D eigenvalue weighted by atomic mass is 19.4. The Balaban J connectivity index is 3.54. The van der Waals surface area contributed by atoms with Crippen molar-refractivity contribution in [1.29, 1.82) is 5.26 Å². The van der Waals surface area contributed by atoms with E-state index in [1.165, 1.54) is 0 Å². The Hall–Kier alpha value is -2.24. The van der Waals surface area contributed by atoms with Crippen molar-refractivity contribution in [3.63, 3.8) is 0 Å². The predicted octanol–water partition coefficient (Wildman–Crippen LogP) is 3.42. The molecule has 0 amide bonds. The standard InChI is InChI=1S/C11H5F6NO2/c12-10(13,14)6-1-5(8(4-18)9(19)20)2-7(3-6)11(15,16)17/h1-3,8H,(H,19,20). The summed E-state index contributed by atoms with van der Waals surface area (Å²) in [6.07, 6.45) is -10.2. The van der Waals surface area contributed by atoms with Gasteiger partial charge in [0.1, 0.15) is 0 Å². The number of benzene rings is 1. The van der Waals surface area contributed by atoms with Crippen LogP contribution in [-0.4, -0.2) is 11.1 Å². The summed E-state index contributed by atoms with van der Waals surface area (Å²) in [4.78, 5) is 10.7. The molecule has 0 saturated heterocycles. The number of aliphatic carboxylic acids is 1. The Kier molecular flexibility index (Phi) is 3.98. The molecule has 3 nitrogen and oxygen atoms in total. The van der Waals surface area contributed by atoms with Crippen LogP contribution < -0.4 is 0 Å². The zero-order valence-corrected chi connectivity index (χ0v) is 9.38. The van der Waals surface area contributed by atoms with Crippen LogP contribution in [0.5, 0.6) is 0 Å². The van der Waals surface area contributed by atoms with Crippen LogP contribution in [0.2, 0.25) is 0 Å². The Bertz CT molecular complexity index is 537. The van der Waals surface area contributed by atoms with E-state index in [9.17, 15) is 31.1 Å². The molecule has 1 unspecified atom stereocenters. The first-order chi connectivity index (χ1) is 8.96.